The van der Waals surface area contributed by atoms with Gasteiger partial charge < -0.3 is 5.32 Å². The Hall–Kier alpha value is -0.820. The molecule has 0 saturated heterocycles. The Balaban J connectivity index is 2.11. The minimum absolute atomic E-state index is 0.721. The Labute approximate surface area is 92.9 Å². The summed E-state index contributed by atoms with van der Waals surface area (Å²) in [4.78, 5) is 0. The van der Waals surface area contributed by atoms with E-state index in [1.807, 2.05) is 0 Å². The van der Waals surface area contributed by atoms with Crippen molar-refractivity contribution in [3.63, 3.8) is 0 Å². The Bertz CT molecular complexity index is 275. The van der Waals surface area contributed by atoms with Crippen LogP contribution in [0.1, 0.15) is 37.2 Å². The van der Waals surface area contributed by atoms with E-state index in [4.69, 9.17) is 0 Å². The molecule has 1 aromatic rings. The standard InChI is InChI=1S/C14H21N/c1-15-11-14(13-9-5-6-10-13)12-7-3-2-4-8-12/h2-4,7-8,13-15H,5-6,9-11H2,1H3. The first-order chi connectivity index (χ1) is 7.42. The molecule has 1 nitrogen and oxygen atoms in total. The van der Waals surface area contributed by atoms with Crippen molar-refractivity contribution in [2.45, 2.75) is 31.6 Å². The topological polar surface area (TPSA) is 12.0 Å². The van der Waals surface area contributed by atoms with E-state index in [2.05, 4.69) is 42.7 Å². The molecule has 1 atom stereocenters. The molecule has 0 radical (unpaired) electrons. The van der Waals surface area contributed by atoms with Crippen LogP contribution >= 0.6 is 0 Å². The van der Waals surface area contributed by atoms with Gasteiger partial charge >= 0.3 is 0 Å². The monoisotopic (exact) mass is 203 g/mol. The highest BCUT2D eigenvalue weighted by atomic mass is 14.8. The van der Waals surface area contributed by atoms with E-state index in [-0.39, 0.29) is 0 Å². The van der Waals surface area contributed by atoms with Crippen LogP contribution in [0.15, 0.2) is 30.3 Å². The number of likely N-dealkylation sites (N-methyl/N-ethyl adjacent to an activating group) is 1. The summed E-state index contributed by atoms with van der Waals surface area (Å²) in [5, 5.41) is 3.34. The number of hydrogen-bond acceptors (Lipinski definition) is 1. The smallest absolute Gasteiger partial charge is 0.00198 e. The van der Waals surface area contributed by atoms with Crippen LogP contribution in [-0.2, 0) is 0 Å². The first-order valence-corrected chi connectivity index (χ1v) is 6.11. The minimum Gasteiger partial charge on any atom is -0.319 e. The highest BCUT2D eigenvalue weighted by Crippen LogP contribution is 2.36. The molecule has 0 aliphatic heterocycles. The molecule has 0 aromatic heterocycles. The summed E-state index contributed by atoms with van der Waals surface area (Å²) < 4.78 is 0. The van der Waals surface area contributed by atoms with Crippen LogP contribution in [0.25, 0.3) is 0 Å². The van der Waals surface area contributed by atoms with Crippen LogP contribution in [0, 0.1) is 5.92 Å². The molecule has 1 heteroatoms. The van der Waals surface area contributed by atoms with Gasteiger partial charge in [-0.15, -0.1) is 0 Å². The van der Waals surface area contributed by atoms with Gasteiger partial charge in [-0.3, -0.25) is 0 Å². The maximum absolute atomic E-state index is 3.34. The number of nitrogens with one attached hydrogen (secondary N) is 1. The summed E-state index contributed by atoms with van der Waals surface area (Å²) in [7, 11) is 2.06. The largest absolute Gasteiger partial charge is 0.319 e. The lowest BCUT2D eigenvalue weighted by Crippen LogP contribution is -2.22. The van der Waals surface area contributed by atoms with Crippen molar-refractivity contribution in [2.24, 2.45) is 5.92 Å². The second-order valence-corrected chi connectivity index (χ2v) is 4.62. The van der Waals surface area contributed by atoms with E-state index in [9.17, 15) is 0 Å². The van der Waals surface area contributed by atoms with Crippen LogP contribution in [0.5, 0.6) is 0 Å². The Kier molecular flexibility index (Phi) is 3.79. The first-order valence-electron chi connectivity index (χ1n) is 6.11. The van der Waals surface area contributed by atoms with E-state index in [1.165, 1.54) is 31.2 Å². The molecule has 0 bridgehead atoms. The van der Waals surface area contributed by atoms with E-state index < -0.39 is 0 Å². The van der Waals surface area contributed by atoms with Crippen LogP contribution in [0.4, 0.5) is 0 Å². The molecule has 1 aromatic carbocycles. The highest BCUT2D eigenvalue weighted by Gasteiger charge is 2.25. The lowest BCUT2D eigenvalue weighted by atomic mass is 9.85. The third kappa shape index (κ3) is 2.60. The van der Waals surface area contributed by atoms with Gasteiger partial charge in [0.05, 0.1) is 0 Å². The predicted molar refractivity (Wildman–Crippen MR) is 65.1 cm³/mol. The average molecular weight is 203 g/mol. The first kappa shape index (κ1) is 10.7. The van der Waals surface area contributed by atoms with Gasteiger partial charge in [0.25, 0.3) is 0 Å². The van der Waals surface area contributed by atoms with E-state index >= 15 is 0 Å². The van der Waals surface area contributed by atoms with Crippen molar-refractivity contribution in [1.29, 1.82) is 0 Å². The molecule has 82 valence electrons. The molecule has 0 heterocycles. The zero-order chi connectivity index (χ0) is 10.5. The summed E-state index contributed by atoms with van der Waals surface area (Å²) in [6.07, 6.45) is 5.69. The Morgan fingerprint density at radius 2 is 1.87 bits per heavy atom. The van der Waals surface area contributed by atoms with Crippen LogP contribution in [0.3, 0.4) is 0 Å². The van der Waals surface area contributed by atoms with Gasteiger partial charge in [-0.25, -0.2) is 0 Å². The van der Waals surface area contributed by atoms with Crippen molar-refractivity contribution >= 4 is 0 Å². The molecular formula is C14H21N. The Morgan fingerprint density at radius 1 is 1.20 bits per heavy atom. The van der Waals surface area contributed by atoms with Gasteiger partial charge in [-0.2, -0.15) is 0 Å². The fourth-order valence-electron chi connectivity index (χ4n) is 2.84. The molecule has 1 aliphatic carbocycles. The fraction of sp³-hybridized carbons (Fsp3) is 0.571. The summed E-state index contributed by atoms with van der Waals surface area (Å²) in [6.45, 7) is 1.12. The molecular weight excluding hydrogens is 182 g/mol. The molecule has 1 saturated carbocycles. The number of benzene rings is 1. The van der Waals surface area contributed by atoms with Gasteiger partial charge in [0.2, 0.25) is 0 Å². The molecule has 1 N–H and O–H groups in total. The van der Waals surface area contributed by atoms with Crippen molar-refractivity contribution in [1.82, 2.24) is 5.32 Å². The molecule has 1 unspecified atom stereocenters. The number of hydrogen-bond donors (Lipinski definition) is 1. The Morgan fingerprint density at radius 3 is 2.47 bits per heavy atom. The second kappa shape index (κ2) is 5.32. The third-order valence-electron chi connectivity index (χ3n) is 3.62. The van der Waals surface area contributed by atoms with E-state index in [0.717, 1.165) is 18.4 Å². The molecule has 0 spiro atoms. The SMILES string of the molecule is CNCC(c1ccccc1)C1CCCC1. The molecule has 1 fully saturated rings. The molecule has 15 heavy (non-hydrogen) atoms. The summed E-state index contributed by atoms with van der Waals surface area (Å²) in [5.74, 6) is 1.62. The summed E-state index contributed by atoms with van der Waals surface area (Å²) in [5.41, 5.74) is 1.51. The maximum atomic E-state index is 3.34. The molecule has 2 rings (SSSR count). The summed E-state index contributed by atoms with van der Waals surface area (Å²) >= 11 is 0. The van der Waals surface area contributed by atoms with Crippen molar-refractivity contribution < 1.29 is 0 Å². The van der Waals surface area contributed by atoms with Crippen molar-refractivity contribution in [3.05, 3.63) is 35.9 Å². The van der Waals surface area contributed by atoms with E-state index in [0.29, 0.717) is 0 Å². The fourth-order valence-corrected chi connectivity index (χ4v) is 2.84. The molecule has 1 aliphatic rings. The van der Waals surface area contributed by atoms with Gasteiger partial charge in [-0.05, 0) is 37.3 Å². The maximum Gasteiger partial charge on any atom is 0.00198 e. The average Bonchev–Trinajstić information content (AvgIpc) is 2.80. The van der Waals surface area contributed by atoms with Gasteiger partial charge in [0.1, 0.15) is 0 Å². The lowest BCUT2D eigenvalue weighted by Gasteiger charge is -2.23. The van der Waals surface area contributed by atoms with Gasteiger partial charge in [-0.1, -0.05) is 43.2 Å². The lowest BCUT2D eigenvalue weighted by molar-refractivity contribution is 0.421. The zero-order valence-corrected chi connectivity index (χ0v) is 9.58. The highest BCUT2D eigenvalue weighted by molar-refractivity contribution is 5.21. The van der Waals surface area contributed by atoms with Crippen LogP contribution in [-0.4, -0.2) is 13.6 Å². The predicted octanol–water partition coefficient (Wildman–Crippen LogP) is 3.18. The number of rotatable bonds is 4. The van der Waals surface area contributed by atoms with Crippen LogP contribution in [0.2, 0.25) is 0 Å². The summed E-state index contributed by atoms with van der Waals surface area (Å²) in [6, 6.07) is 11.0. The van der Waals surface area contributed by atoms with Crippen LogP contribution < -0.4 is 5.32 Å². The molecule has 0 amide bonds. The normalized spacial score (nSPS) is 19.3. The quantitative estimate of drug-likeness (QED) is 0.792. The van der Waals surface area contributed by atoms with Gasteiger partial charge in [0, 0.05) is 6.54 Å². The van der Waals surface area contributed by atoms with Gasteiger partial charge in [0.15, 0.2) is 0 Å². The second-order valence-electron chi connectivity index (χ2n) is 4.62. The van der Waals surface area contributed by atoms with E-state index in [1.54, 1.807) is 0 Å². The van der Waals surface area contributed by atoms with Crippen molar-refractivity contribution in [2.75, 3.05) is 13.6 Å². The van der Waals surface area contributed by atoms with Crippen molar-refractivity contribution in [3.8, 4) is 0 Å². The minimum atomic E-state index is 0.721. The third-order valence-corrected chi connectivity index (χ3v) is 3.62. The zero-order valence-electron chi connectivity index (χ0n) is 9.58.